The number of anilines is 2. The molecule has 2 aromatic carbocycles. The van der Waals surface area contributed by atoms with E-state index in [4.69, 9.17) is 0 Å². The molecular weight excluding hydrogens is 408 g/mol. The van der Waals surface area contributed by atoms with E-state index in [1.165, 1.54) is 17.5 Å². The van der Waals surface area contributed by atoms with Crippen molar-refractivity contribution in [2.75, 3.05) is 29.9 Å². The molecule has 0 radical (unpaired) electrons. The van der Waals surface area contributed by atoms with Crippen molar-refractivity contribution >= 4 is 17.4 Å². The average Bonchev–Trinajstić information content (AvgIpc) is 3.27. The summed E-state index contributed by atoms with van der Waals surface area (Å²) in [4.78, 5) is 20.1. The fourth-order valence-electron chi connectivity index (χ4n) is 4.33. The maximum Gasteiger partial charge on any atom is 0.247 e. The average molecular weight is 443 g/mol. The van der Waals surface area contributed by atoms with Crippen molar-refractivity contribution in [3.63, 3.8) is 0 Å². The molecule has 1 amide bonds. The van der Waals surface area contributed by atoms with E-state index in [1.807, 2.05) is 48.7 Å². The molecule has 1 aliphatic rings. The molecule has 33 heavy (non-hydrogen) atoms. The number of pyridine rings is 1. The second-order valence-electron chi connectivity index (χ2n) is 9.29. The van der Waals surface area contributed by atoms with Crippen molar-refractivity contribution in [2.24, 2.45) is 5.92 Å². The fourth-order valence-corrected chi connectivity index (χ4v) is 4.33. The Kier molecular flexibility index (Phi) is 7.40. The van der Waals surface area contributed by atoms with Crippen LogP contribution in [0.1, 0.15) is 48.9 Å². The Morgan fingerprint density at radius 3 is 2.45 bits per heavy atom. The van der Waals surface area contributed by atoms with Gasteiger partial charge in [0.25, 0.3) is 0 Å². The number of benzene rings is 2. The summed E-state index contributed by atoms with van der Waals surface area (Å²) in [6.45, 7) is 9.36. The van der Waals surface area contributed by atoms with Crippen LogP contribution in [0.2, 0.25) is 0 Å². The van der Waals surface area contributed by atoms with E-state index in [-0.39, 0.29) is 11.8 Å². The molecule has 3 atom stereocenters. The topological polar surface area (TPSA) is 57.3 Å². The molecule has 1 aliphatic heterocycles. The lowest BCUT2D eigenvalue weighted by Crippen LogP contribution is -2.35. The smallest absolute Gasteiger partial charge is 0.247 e. The molecule has 0 unspecified atom stereocenters. The highest BCUT2D eigenvalue weighted by atomic mass is 16.2. The van der Waals surface area contributed by atoms with Crippen LogP contribution in [0, 0.1) is 12.8 Å². The lowest BCUT2D eigenvalue weighted by atomic mass is 9.98. The van der Waals surface area contributed by atoms with Crippen LogP contribution >= 0.6 is 0 Å². The SMILES string of the molecule is Cc1ccc([C@H](C)CN[C@H](C(=O)Nc2ccc(N3CC[C@H](C)C3)cn2)c2ccccc2)cc1. The third kappa shape index (κ3) is 5.99. The maximum absolute atomic E-state index is 13.3. The van der Waals surface area contributed by atoms with Gasteiger partial charge in [0.05, 0.1) is 11.9 Å². The first-order valence-corrected chi connectivity index (χ1v) is 11.9. The third-order valence-corrected chi connectivity index (χ3v) is 6.46. The molecule has 4 rings (SSSR count). The number of hydrogen-bond donors (Lipinski definition) is 2. The monoisotopic (exact) mass is 442 g/mol. The highest BCUT2D eigenvalue weighted by Gasteiger charge is 2.22. The summed E-state index contributed by atoms with van der Waals surface area (Å²) in [5, 5.41) is 6.49. The van der Waals surface area contributed by atoms with Gasteiger partial charge in [-0.3, -0.25) is 4.79 Å². The van der Waals surface area contributed by atoms with Gasteiger partial charge in [0.2, 0.25) is 5.91 Å². The van der Waals surface area contributed by atoms with E-state index in [0.717, 1.165) is 24.3 Å². The summed E-state index contributed by atoms with van der Waals surface area (Å²) < 4.78 is 0. The molecule has 1 fully saturated rings. The van der Waals surface area contributed by atoms with E-state index >= 15 is 0 Å². The number of aromatic nitrogens is 1. The van der Waals surface area contributed by atoms with Crippen LogP contribution in [0.4, 0.5) is 11.5 Å². The molecule has 0 aliphatic carbocycles. The normalized spacial score (nSPS) is 17.5. The minimum absolute atomic E-state index is 0.104. The highest BCUT2D eigenvalue weighted by Crippen LogP contribution is 2.24. The van der Waals surface area contributed by atoms with E-state index in [9.17, 15) is 4.79 Å². The van der Waals surface area contributed by atoms with Gasteiger partial charge in [-0.2, -0.15) is 0 Å². The summed E-state index contributed by atoms with van der Waals surface area (Å²) in [7, 11) is 0. The Labute approximate surface area is 197 Å². The van der Waals surface area contributed by atoms with Crippen LogP contribution in [0.5, 0.6) is 0 Å². The number of nitrogens with zero attached hydrogens (tertiary/aromatic N) is 2. The Bertz CT molecular complexity index is 1030. The lowest BCUT2D eigenvalue weighted by Gasteiger charge is -2.22. The number of nitrogens with one attached hydrogen (secondary N) is 2. The molecule has 5 nitrogen and oxygen atoms in total. The minimum atomic E-state index is -0.458. The standard InChI is InChI=1S/C28H34N4O/c1-20-9-11-23(12-10-20)22(3)17-30-27(24-7-5-4-6-8-24)28(33)31-26-14-13-25(18-29-26)32-16-15-21(2)19-32/h4-14,18,21-22,27,30H,15-17,19H2,1-3H3,(H,29,31,33)/t21-,22+,27-/m0/s1. The summed E-state index contributed by atoms with van der Waals surface area (Å²) in [6.07, 6.45) is 3.07. The van der Waals surface area contributed by atoms with Crippen LogP contribution in [0.15, 0.2) is 72.9 Å². The Morgan fingerprint density at radius 2 is 1.82 bits per heavy atom. The van der Waals surface area contributed by atoms with Gasteiger partial charge in [-0.15, -0.1) is 0 Å². The predicted octanol–water partition coefficient (Wildman–Crippen LogP) is 5.31. The molecule has 2 heterocycles. The molecule has 1 saturated heterocycles. The molecule has 172 valence electrons. The Hall–Kier alpha value is -3.18. The molecule has 3 aromatic rings. The van der Waals surface area contributed by atoms with Crippen molar-refractivity contribution in [1.82, 2.24) is 10.3 Å². The third-order valence-electron chi connectivity index (χ3n) is 6.46. The van der Waals surface area contributed by atoms with Crippen molar-refractivity contribution < 1.29 is 4.79 Å². The Balaban J connectivity index is 1.43. The highest BCUT2D eigenvalue weighted by molar-refractivity contribution is 5.94. The van der Waals surface area contributed by atoms with E-state index in [2.05, 4.69) is 65.6 Å². The van der Waals surface area contributed by atoms with Crippen molar-refractivity contribution in [3.05, 3.63) is 89.6 Å². The largest absolute Gasteiger partial charge is 0.370 e. The quantitative estimate of drug-likeness (QED) is 0.496. The van der Waals surface area contributed by atoms with Gasteiger partial charge >= 0.3 is 0 Å². The van der Waals surface area contributed by atoms with Crippen LogP contribution in [-0.4, -0.2) is 30.5 Å². The van der Waals surface area contributed by atoms with Crippen molar-refractivity contribution in [1.29, 1.82) is 0 Å². The molecular formula is C28H34N4O. The van der Waals surface area contributed by atoms with Gasteiger partial charge in [-0.1, -0.05) is 74.0 Å². The zero-order valence-electron chi connectivity index (χ0n) is 19.8. The molecule has 0 saturated carbocycles. The summed E-state index contributed by atoms with van der Waals surface area (Å²) >= 11 is 0. The van der Waals surface area contributed by atoms with Crippen LogP contribution in [0.25, 0.3) is 0 Å². The molecule has 0 spiro atoms. The predicted molar refractivity (Wildman–Crippen MR) is 136 cm³/mol. The molecule has 0 bridgehead atoms. The lowest BCUT2D eigenvalue weighted by molar-refractivity contribution is -0.118. The fraction of sp³-hybridized carbons (Fsp3) is 0.357. The molecule has 1 aromatic heterocycles. The van der Waals surface area contributed by atoms with Crippen LogP contribution in [-0.2, 0) is 4.79 Å². The minimum Gasteiger partial charge on any atom is -0.370 e. The first-order chi connectivity index (χ1) is 16.0. The number of aryl methyl sites for hydroxylation is 1. The zero-order valence-corrected chi connectivity index (χ0v) is 19.8. The molecule has 5 heteroatoms. The summed E-state index contributed by atoms with van der Waals surface area (Å²) in [5.74, 6) is 1.46. The number of amides is 1. The number of rotatable bonds is 8. The Morgan fingerprint density at radius 1 is 1.06 bits per heavy atom. The second-order valence-corrected chi connectivity index (χ2v) is 9.29. The van der Waals surface area contributed by atoms with Crippen molar-refractivity contribution in [3.8, 4) is 0 Å². The van der Waals surface area contributed by atoms with E-state index in [1.54, 1.807) is 0 Å². The van der Waals surface area contributed by atoms with Crippen LogP contribution in [0.3, 0.4) is 0 Å². The van der Waals surface area contributed by atoms with Gasteiger partial charge in [0, 0.05) is 19.6 Å². The number of carbonyl (C=O) groups is 1. The van der Waals surface area contributed by atoms with Gasteiger partial charge in [-0.25, -0.2) is 4.98 Å². The summed E-state index contributed by atoms with van der Waals surface area (Å²) in [6, 6.07) is 21.9. The van der Waals surface area contributed by atoms with Gasteiger partial charge in [0.15, 0.2) is 0 Å². The van der Waals surface area contributed by atoms with Crippen LogP contribution < -0.4 is 15.5 Å². The number of hydrogen-bond acceptors (Lipinski definition) is 4. The van der Waals surface area contributed by atoms with E-state index < -0.39 is 6.04 Å². The summed E-state index contributed by atoms with van der Waals surface area (Å²) in [5.41, 5.74) is 4.56. The second kappa shape index (κ2) is 10.6. The first kappa shape index (κ1) is 23.0. The van der Waals surface area contributed by atoms with Gasteiger partial charge in [-0.05, 0) is 48.4 Å². The first-order valence-electron chi connectivity index (χ1n) is 11.9. The maximum atomic E-state index is 13.3. The van der Waals surface area contributed by atoms with Gasteiger partial charge < -0.3 is 15.5 Å². The van der Waals surface area contributed by atoms with Crippen molar-refractivity contribution in [2.45, 2.75) is 39.2 Å². The molecule has 2 N–H and O–H groups in total. The zero-order chi connectivity index (χ0) is 23.2. The number of carbonyl (C=O) groups excluding carboxylic acids is 1. The van der Waals surface area contributed by atoms with E-state index in [0.29, 0.717) is 18.3 Å². The van der Waals surface area contributed by atoms with Gasteiger partial charge in [0.1, 0.15) is 11.9 Å².